The zero-order chi connectivity index (χ0) is 30.2. The number of likely N-dealkylation sites (tertiary alicyclic amines) is 1. The first-order chi connectivity index (χ1) is 20.2. The highest BCUT2D eigenvalue weighted by Crippen LogP contribution is 2.47. The number of pyridine rings is 1. The molecule has 11 nitrogen and oxygen atoms in total. The van der Waals surface area contributed by atoms with Crippen molar-refractivity contribution < 1.29 is 28.9 Å². The average molecular weight is 585 g/mol. The summed E-state index contributed by atoms with van der Waals surface area (Å²) in [6.45, 7) is 5.21. The van der Waals surface area contributed by atoms with Gasteiger partial charge in [-0.2, -0.15) is 0 Å². The van der Waals surface area contributed by atoms with Gasteiger partial charge in [0.25, 0.3) is 0 Å². The molecular weight excluding hydrogens is 540 g/mol. The van der Waals surface area contributed by atoms with Crippen LogP contribution in [-0.4, -0.2) is 103 Å². The average Bonchev–Trinajstić information content (AvgIpc) is 3.58. The number of fused-ring (bicyclic) bond motifs is 1. The topological polar surface area (TPSA) is 114 Å². The number of aliphatic carboxylic acids is 1. The van der Waals surface area contributed by atoms with Crippen LogP contribution in [0.3, 0.4) is 0 Å². The number of amides is 1. The van der Waals surface area contributed by atoms with E-state index in [1.54, 1.807) is 22.9 Å². The van der Waals surface area contributed by atoms with Crippen LogP contribution in [0.15, 0.2) is 41.3 Å². The van der Waals surface area contributed by atoms with Crippen molar-refractivity contribution in [2.45, 2.75) is 51.1 Å². The van der Waals surface area contributed by atoms with Crippen molar-refractivity contribution in [2.24, 2.45) is 5.92 Å². The van der Waals surface area contributed by atoms with E-state index in [2.05, 4.69) is 11.8 Å². The first kappa shape index (κ1) is 31.4. The van der Waals surface area contributed by atoms with Crippen LogP contribution in [0.4, 0.5) is 0 Å². The van der Waals surface area contributed by atoms with Crippen LogP contribution in [-0.2, 0) is 16.1 Å². The number of ether oxygens (including phenoxy) is 3. The van der Waals surface area contributed by atoms with Crippen LogP contribution in [0.5, 0.6) is 17.2 Å². The Hall–Kier alpha value is -3.57. The van der Waals surface area contributed by atoms with Crippen LogP contribution in [0.25, 0.3) is 0 Å². The van der Waals surface area contributed by atoms with Gasteiger partial charge in [0.2, 0.25) is 24.0 Å². The largest absolute Gasteiger partial charge is 0.493 e. The van der Waals surface area contributed by atoms with E-state index in [-0.39, 0.29) is 24.8 Å². The third kappa shape index (κ3) is 7.43. The number of carboxylic acids is 1. The first-order valence-electron chi connectivity index (χ1n) is 14.8. The molecule has 1 aromatic heterocycles. The number of methoxy groups -OCH3 is 1. The highest BCUT2D eigenvalue weighted by atomic mass is 16.7. The number of carbonyl (C=O) groups excluding carboxylic acids is 1. The summed E-state index contributed by atoms with van der Waals surface area (Å²) in [7, 11) is 5.57. The van der Waals surface area contributed by atoms with E-state index < -0.39 is 23.8 Å². The van der Waals surface area contributed by atoms with Crippen LogP contribution in [0.2, 0.25) is 0 Å². The number of benzene rings is 1. The lowest BCUT2D eigenvalue weighted by atomic mass is 9.84. The van der Waals surface area contributed by atoms with Gasteiger partial charge in [-0.15, -0.1) is 0 Å². The summed E-state index contributed by atoms with van der Waals surface area (Å²) in [5, 5.41) is 10.6. The van der Waals surface area contributed by atoms with Crippen LogP contribution < -0.4 is 19.8 Å². The Morgan fingerprint density at radius 2 is 1.90 bits per heavy atom. The minimum Gasteiger partial charge on any atom is -0.493 e. The zero-order valence-electron chi connectivity index (χ0n) is 25.2. The monoisotopic (exact) mass is 584 g/mol. The van der Waals surface area contributed by atoms with Gasteiger partial charge >= 0.3 is 5.97 Å². The molecule has 0 spiro atoms. The maximum atomic E-state index is 13.7. The Morgan fingerprint density at radius 3 is 2.60 bits per heavy atom. The number of aromatic nitrogens is 1. The number of carboxylic acid groups (broad SMARTS) is 1. The lowest BCUT2D eigenvalue weighted by Crippen LogP contribution is -2.45. The van der Waals surface area contributed by atoms with E-state index >= 15 is 0 Å². The molecule has 230 valence electrons. The van der Waals surface area contributed by atoms with Crippen molar-refractivity contribution in [1.29, 1.82) is 0 Å². The van der Waals surface area contributed by atoms with Crippen molar-refractivity contribution in [1.82, 2.24) is 19.3 Å². The molecule has 1 unspecified atom stereocenters. The number of hydrogen-bond acceptors (Lipinski definition) is 8. The van der Waals surface area contributed by atoms with Crippen LogP contribution in [0.1, 0.15) is 44.1 Å². The van der Waals surface area contributed by atoms with Gasteiger partial charge < -0.3 is 33.7 Å². The van der Waals surface area contributed by atoms with Crippen molar-refractivity contribution >= 4 is 11.9 Å². The molecule has 0 saturated carbocycles. The smallest absolute Gasteiger partial charge is 0.308 e. The Kier molecular flexibility index (Phi) is 10.9. The quantitative estimate of drug-likeness (QED) is 0.338. The fourth-order valence-corrected chi connectivity index (χ4v) is 6.03. The molecule has 1 N–H and O–H groups in total. The summed E-state index contributed by atoms with van der Waals surface area (Å²) in [5.74, 6) is -0.667. The molecule has 11 heteroatoms. The van der Waals surface area contributed by atoms with E-state index in [9.17, 15) is 19.5 Å². The summed E-state index contributed by atoms with van der Waals surface area (Å²) in [6, 6.07) is 8.13. The SMILES string of the molecule is CCCCN(CCCN(C)C)C(=O)CN1C[C@H](c2cc(OC)c3c(c2)OCO3)C(C(=O)O)[C@@H]1CCn1ccccc1=O. The normalized spacial score (nSPS) is 19.8. The van der Waals surface area contributed by atoms with Crippen molar-refractivity contribution in [3.05, 3.63) is 52.4 Å². The first-order valence-corrected chi connectivity index (χ1v) is 14.8. The Balaban J connectivity index is 1.63. The van der Waals surface area contributed by atoms with E-state index in [0.29, 0.717) is 49.8 Å². The molecule has 42 heavy (non-hydrogen) atoms. The maximum absolute atomic E-state index is 13.7. The highest BCUT2D eigenvalue weighted by Gasteiger charge is 2.47. The van der Waals surface area contributed by atoms with Crippen molar-refractivity contribution in [3.63, 3.8) is 0 Å². The minimum atomic E-state index is -0.939. The van der Waals surface area contributed by atoms with Gasteiger partial charge in [0.05, 0.1) is 19.6 Å². The molecule has 1 saturated heterocycles. The second-order valence-corrected chi connectivity index (χ2v) is 11.3. The molecule has 1 amide bonds. The maximum Gasteiger partial charge on any atom is 0.308 e. The van der Waals surface area contributed by atoms with Crippen LogP contribution >= 0.6 is 0 Å². The third-order valence-corrected chi connectivity index (χ3v) is 8.21. The summed E-state index contributed by atoms with van der Waals surface area (Å²) in [5.41, 5.74) is 0.614. The van der Waals surface area contributed by atoms with Crippen LogP contribution in [0, 0.1) is 5.92 Å². The van der Waals surface area contributed by atoms with Crippen molar-refractivity contribution in [3.8, 4) is 17.2 Å². The highest BCUT2D eigenvalue weighted by molar-refractivity contribution is 5.79. The Morgan fingerprint density at radius 1 is 1.12 bits per heavy atom. The fraction of sp³-hybridized carbons (Fsp3) is 0.581. The molecular formula is C31H44N4O7. The molecule has 3 heterocycles. The minimum absolute atomic E-state index is 0.00265. The van der Waals surface area contributed by atoms with Gasteiger partial charge in [-0.1, -0.05) is 19.4 Å². The summed E-state index contributed by atoms with van der Waals surface area (Å²) < 4.78 is 18.3. The van der Waals surface area contributed by atoms with E-state index in [1.165, 1.54) is 13.2 Å². The van der Waals surface area contributed by atoms with Gasteiger partial charge in [-0.3, -0.25) is 19.3 Å². The lowest BCUT2D eigenvalue weighted by Gasteiger charge is -2.30. The molecule has 0 aliphatic carbocycles. The van der Waals surface area contributed by atoms with Crippen molar-refractivity contribution in [2.75, 3.05) is 60.7 Å². The molecule has 2 aliphatic heterocycles. The standard InChI is InChI=1S/C31H44N4O7/c1-5-6-13-33(15-9-12-32(2)3)28(37)20-35-19-23(22-17-25(40-4)30-26(18-22)41-21-42-30)29(31(38)39)24(35)11-16-34-14-8-7-10-27(34)36/h7-8,10,14,17-18,23-24,29H,5-6,9,11-13,15-16,19-21H2,1-4H3,(H,38,39)/t23-,24+,29?/m1/s1. The number of aryl methyl sites for hydroxylation is 1. The van der Waals surface area contributed by atoms with Gasteiger partial charge in [0.15, 0.2) is 11.5 Å². The fourth-order valence-electron chi connectivity index (χ4n) is 6.03. The van der Waals surface area contributed by atoms with Gasteiger partial charge in [-0.05, 0) is 63.7 Å². The van der Waals surface area contributed by atoms with E-state index in [1.807, 2.05) is 36.0 Å². The molecule has 2 aromatic rings. The number of carbonyl (C=O) groups is 2. The van der Waals surface area contributed by atoms with E-state index in [0.717, 1.165) is 31.4 Å². The summed E-state index contributed by atoms with van der Waals surface area (Å²) >= 11 is 0. The van der Waals surface area contributed by atoms with Gasteiger partial charge in [0, 0.05) is 50.4 Å². The molecule has 3 atom stereocenters. The molecule has 0 bridgehead atoms. The molecule has 4 rings (SSSR count). The molecule has 1 fully saturated rings. The Labute approximate surface area is 247 Å². The third-order valence-electron chi connectivity index (χ3n) is 8.21. The molecule has 2 aliphatic rings. The molecule has 0 radical (unpaired) electrons. The summed E-state index contributed by atoms with van der Waals surface area (Å²) in [6.07, 6.45) is 4.86. The van der Waals surface area contributed by atoms with E-state index in [4.69, 9.17) is 14.2 Å². The second kappa shape index (κ2) is 14.6. The Bertz CT molecular complexity index is 1280. The van der Waals surface area contributed by atoms with Gasteiger partial charge in [-0.25, -0.2) is 0 Å². The number of nitrogens with zero attached hydrogens (tertiary/aromatic N) is 4. The predicted molar refractivity (Wildman–Crippen MR) is 158 cm³/mol. The zero-order valence-corrected chi connectivity index (χ0v) is 25.2. The predicted octanol–water partition coefficient (Wildman–Crippen LogP) is 2.72. The lowest BCUT2D eigenvalue weighted by molar-refractivity contribution is -0.144. The number of unbranched alkanes of at least 4 members (excludes halogenated alkanes) is 1. The number of rotatable bonds is 15. The summed E-state index contributed by atoms with van der Waals surface area (Å²) in [4.78, 5) is 45.1. The number of hydrogen-bond donors (Lipinski definition) is 1. The second-order valence-electron chi connectivity index (χ2n) is 11.3. The van der Waals surface area contributed by atoms with Gasteiger partial charge in [0.1, 0.15) is 0 Å². The molecule has 1 aromatic carbocycles.